The molecule has 40 heavy (non-hydrogen) atoms. The van der Waals surface area contributed by atoms with Gasteiger partial charge in [-0.25, -0.2) is 10.0 Å². The number of para-hydroxylation sites is 2. The number of rotatable bonds is 4. The van der Waals surface area contributed by atoms with E-state index in [4.69, 9.17) is 10.2 Å². The highest BCUT2D eigenvalue weighted by molar-refractivity contribution is 8.17. The Morgan fingerprint density at radius 1 is 0.700 bits per heavy atom. The zero-order valence-electron chi connectivity index (χ0n) is 22.2. The lowest BCUT2D eigenvalue weighted by Gasteiger charge is -2.47. The lowest BCUT2D eigenvalue weighted by Crippen LogP contribution is -2.54. The van der Waals surface area contributed by atoms with Crippen LogP contribution in [0.1, 0.15) is 29.2 Å². The highest BCUT2D eigenvalue weighted by Crippen LogP contribution is 2.55. The van der Waals surface area contributed by atoms with Gasteiger partial charge in [0.25, 0.3) is 0 Å². The molecule has 6 heteroatoms. The molecule has 0 fully saturated rings. The molecule has 0 saturated heterocycles. The van der Waals surface area contributed by atoms with Crippen LogP contribution in [0.5, 0.6) is 0 Å². The lowest BCUT2D eigenvalue weighted by molar-refractivity contribution is -0.110. The summed E-state index contributed by atoms with van der Waals surface area (Å²) < 4.78 is 0. The maximum Gasteiger partial charge on any atom is 0.234 e. The van der Waals surface area contributed by atoms with Gasteiger partial charge in [0.2, 0.25) is 4.99 Å². The molecule has 7 rings (SSSR count). The Morgan fingerprint density at radius 2 is 1.38 bits per heavy atom. The normalized spacial score (nSPS) is 18.1. The molecule has 5 aromatic rings. The molecule has 0 saturated carbocycles. The van der Waals surface area contributed by atoms with E-state index in [1.54, 1.807) is 6.92 Å². The summed E-state index contributed by atoms with van der Waals surface area (Å²) >= 11 is 1.45. The fourth-order valence-electron chi connectivity index (χ4n) is 5.56. The van der Waals surface area contributed by atoms with Crippen molar-refractivity contribution >= 4 is 50.4 Å². The topological polar surface area (TPSA) is 48.3 Å². The second kappa shape index (κ2) is 9.50. The highest BCUT2D eigenvalue weighted by Gasteiger charge is 2.56. The molecule has 5 nitrogen and oxygen atoms in total. The standard InChI is InChI=1S/C34H26N4OS/c1-23-13-6-11-22-31(23)38-34(40-33(36-38)24(2)39)30-21-10-9-19-29(30)32(35-37(34)26-16-4-3-5-17-26)28-20-12-15-25-14-7-8-18-27(25)28/h3-22H,1-2H3/t34-/m0/s1. The van der Waals surface area contributed by atoms with Gasteiger partial charge < -0.3 is 0 Å². The van der Waals surface area contributed by atoms with E-state index in [0.717, 1.165) is 50.1 Å². The maximum absolute atomic E-state index is 12.9. The first-order valence-corrected chi connectivity index (χ1v) is 14.1. The molecule has 0 amide bonds. The number of aryl methyl sites for hydroxylation is 1. The Hall–Kier alpha value is -4.68. The predicted octanol–water partition coefficient (Wildman–Crippen LogP) is 7.69. The van der Waals surface area contributed by atoms with Crippen LogP contribution in [0.3, 0.4) is 0 Å². The quantitative estimate of drug-likeness (QED) is 0.235. The van der Waals surface area contributed by atoms with Gasteiger partial charge in [0.05, 0.1) is 17.1 Å². The van der Waals surface area contributed by atoms with Crippen molar-refractivity contribution in [3.05, 3.63) is 144 Å². The number of carbonyl (C=O) groups excluding carboxylic acids is 1. The number of hydrogen-bond acceptors (Lipinski definition) is 6. The molecule has 0 N–H and O–H groups in total. The number of thioether (sulfide) groups is 1. The van der Waals surface area contributed by atoms with Crippen LogP contribution in [0.25, 0.3) is 10.8 Å². The predicted molar refractivity (Wildman–Crippen MR) is 166 cm³/mol. The third kappa shape index (κ3) is 3.67. The summed E-state index contributed by atoms with van der Waals surface area (Å²) in [5.74, 6) is -0.0743. The fourth-order valence-corrected chi connectivity index (χ4v) is 6.84. The number of anilines is 2. The SMILES string of the molecule is CC(=O)C1=NN(c2ccccc2C)[C@]2(S1)c1ccccc1C(c1cccc3ccccc13)=NN2c1ccccc1. The van der Waals surface area contributed by atoms with E-state index in [-0.39, 0.29) is 5.78 Å². The molecule has 1 spiro atoms. The van der Waals surface area contributed by atoms with E-state index >= 15 is 0 Å². The second-order valence-corrected chi connectivity index (χ2v) is 11.1. The first-order chi connectivity index (χ1) is 19.6. The number of carbonyl (C=O) groups is 1. The minimum absolute atomic E-state index is 0.0743. The molecule has 2 aliphatic heterocycles. The van der Waals surface area contributed by atoms with Crippen LogP contribution in [0.15, 0.2) is 132 Å². The number of hydrogen-bond donors (Lipinski definition) is 0. The van der Waals surface area contributed by atoms with Crippen LogP contribution in [0.2, 0.25) is 0 Å². The molecular weight excluding hydrogens is 512 g/mol. The summed E-state index contributed by atoms with van der Waals surface area (Å²) in [7, 11) is 0. The zero-order valence-corrected chi connectivity index (χ0v) is 23.0. The van der Waals surface area contributed by atoms with E-state index in [1.165, 1.54) is 11.8 Å². The molecule has 0 aromatic heterocycles. The molecule has 2 heterocycles. The van der Waals surface area contributed by atoms with Crippen molar-refractivity contribution in [3.8, 4) is 0 Å². The monoisotopic (exact) mass is 538 g/mol. The number of nitrogens with zero attached hydrogens (tertiary/aromatic N) is 4. The Labute approximate surface area is 237 Å². The van der Waals surface area contributed by atoms with Crippen LogP contribution < -0.4 is 10.0 Å². The van der Waals surface area contributed by atoms with Crippen LogP contribution >= 0.6 is 11.8 Å². The molecular formula is C34H26N4OS. The molecule has 0 bridgehead atoms. The fraction of sp³-hybridized carbons (Fsp3) is 0.0882. The first-order valence-electron chi connectivity index (χ1n) is 13.2. The van der Waals surface area contributed by atoms with Crippen molar-refractivity contribution in [2.45, 2.75) is 18.8 Å². The van der Waals surface area contributed by atoms with Crippen molar-refractivity contribution in [2.24, 2.45) is 10.2 Å². The van der Waals surface area contributed by atoms with Crippen molar-refractivity contribution in [1.82, 2.24) is 0 Å². The molecule has 0 radical (unpaired) electrons. The average Bonchev–Trinajstić information content (AvgIpc) is 3.39. The van der Waals surface area contributed by atoms with Crippen LogP contribution in [-0.2, 0) is 9.79 Å². The van der Waals surface area contributed by atoms with E-state index in [1.807, 2.05) is 40.3 Å². The van der Waals surface area contributed by atoms with Crippen LogP contribution in [-0.4, -0.2) is 16.5 Å². The van der Waals surface area contributed by atoms with Gasteiger partial charge in [0, 0.05) is 23.6 Å². The summed E-state index contributed by atoms with van der Waals surface area (Å²) in [6.07, 6.45) is 0. The van der Waals surface area contributed by atoms with Crippen LogP contribution in [0.4, 0.5) is 11.4 Å². The number of hydrazone groups is 2. The number of ketones is 1. The zero-order chi connectivity index (χ0) is 27.3. The van der Waals surface area contributed by atoms with Gasteiger partial charge in [0.15, 0.2) is 10.8 Å². The van der Waals surface area contributed by atoms with Gasteiger partial charge in [0.1, 0.15) is 0 Å². The van der Waals surface area contributed by atoms with Gasteiger partial charge in [-0.2, -0.15) is 10.2 Å². The maximum atomic E-state index is 12.9. The average molecular weight is 539 g/mol. The van der Waals surface area contributed by atoms with E-state index in [0.29, 0.717) is 5.04 Å². The molecule has 5 aromatic carbocycles. The summed E-state index contributed by atoms with van der Waals surface area (Å²) in [5.41, 5.74) is 6.85. The van der Waals surface area contributed by atoms with Crippen molar-refractivity contribution in [1.29, 1.82) is 0 Å². The molecule has 0 aliphatic carbocycles. The van der Waals surface area contributed by atoms with Crippen molar-refractivity contribution in [3.63, 3.8) is 0 Å². The smallest absolute Gasteiger partial charge is 0.234 e. The Kier molecular flexibility index (Phi) is 5.79. The molecule has 1 atom stereocenters. The third-order valence-electron chi connectivity index (χ3n) is 7.43. The summed E-state index contributed by atoms with van der Waals surface area (Å²) in [4.78, 5) is 11.9. The summed E-state index contributed by atoms with van der Waals surface area (Å²) in [6.45, 7) is 3.65. The summed E-state index contributed by atoms with van der Waals surface area (Å²) in [6, 6.07) is 41.4. The van der Waals surface area contributed by atoms with E-state index < -0.39 is 4.99 Å². The number of Topliss-reactive ketones (excluding diaryl/α,β-unsaturated/α-hetero) is 1. The molecule has 2 aliphatic rings. The minimum atomic E-state index is -0.959. The summed E-state index contributed by atoms with van der Waals surface area (Å²) in [5, 5.41) is 17.2. The minimum Gasteiger partial charge on any atom is -0.292 e. The lowest BCUT2D eigenvalue weighted by atomic mass is 9.90. The first kappa shape index (κ1) is 24.4. The number of fused-ring (bicyclic) bond motifs is 3. The van der Waals surface area contributed by atoms with Crippen molar-refractivity contribution < 1.29 is 4.79 Å². The Bertz CT molecular complexity index is 1840. The van der Waals surface area contributed by atoms with Gasteiger partial charge in [-0.05, 0) is 53.2 Å². The molecule has 194 valence electrons. The van der Waals surface area contributed by atoms with E-state index in [2.05, 4.69) is 97.9 Å². The molecule has 0 unspecified atom stereocenters. The van der Waals surface area contributed by atoms with Gasteiger partial charge in [-0.1, -0.05) is 103 Å². The second-order valence-electron chi connectivity index (χ2n) is 9.94. The van der Waals surface area contributed by atoms with Crippen LogP contribution in [0, 0.1) is 6.92 Å². The number of benzene rings is 5. The highest BCUT2D eigenvalue weighted by atomic mass is 32.2. The van der Waals surface area contributed by atoms with Gasteiger partial charge >= 0.3 is 0 Å². The third-order valence-corrected chi connectivity index (χ3v) is 8.84. The Balaban J connectivity index is 1.57. The van der Waals surface area contributed by atoms with Gasteiger partial charge in [-0.3, -0.25) is 4.79 Å². The van der Waals surface area contributed by atoms with Crippen molar-refractivity contribution in [2.75, 3.05) is 10.0 Å². The van der Waals surface area contributed by atoms with E-state index in [9.17, 15) is 4.79 Å². The Morgan fingerprint density at radius 3 is 2.20 bits per heavy atom. The largest absolute Gasteiger partial charge is 0.292 e. The van der Waals surface area contributed by atoms with Gasteiger partial charge in [-0.15, -0.1) is 0 Å².